The fourth-order valence-corrected chi connectivity index (χ4v) is 2.09. The predicted molar refractivity (Wildman–Crippen MR) is 97.5 cm³/mol. The summed E-state index contributed by atoms with van der Waals surface area (Å²) in [5.74, 6) is 2.37. The molecule has 0 aliphatic heterocycles. The molecule has 1 N–H and O–H groups in total. The van der Waals surface area contributed by atoms with E-state index >= 15 is 0 Å². The van der Waals surface area contributed by atoms with Crippen LogP contribution in [0.4, 0.5) is 0 Å². The monoisotopic (exact) mass is 343 g/mol. The van der Waals surface area contributed by atoms with E-state index in [4.69, 9.17) is 13.9 Å². The van der Waals surface area contributed by atoms with Gasteiger partial charge in [0.2, 0.25) is 5.91 Å². The van der Waals surface area contributed by atoms with Gasteiger partial charge in [-0.15, -0.1) is 0 Å². The number of furan rings is 1. The lowest BCUT2D eigenvalue weighted by atomic mass is 10.2. The van der Waals surface area contributed by atoms with Gasteiger partial charge in [-0.1, -0.05) is 19.9 Å². The first-order valence-corrected chi connectivity index (χ1v) is 8.46. The maximum Gasteiger partial charge on any atom is 0.244 e. The van der Waals surface area contributed by atoms with Crippen molar-refractivity contribution in [1.82, 2.24) is 5.32 Å². The van der Waals surface area contributed by atoms with E-state index in [0.29, 0.717) is 37.2 Å². The highest BCUT2D eigenvalue weighted by atomic mass is 16.5. The molecule has 1 aromatic heterocycles. The Labute approximate surface area is 148 Å². The minimum Gasteiger partial charge on any atom is -0.490 e. The Balaban J connectivity index is 1.97. The Morgan fingerprint density at radius 3 is 2.76 bits per heavy atom. The molecular formula is C20H25NO4. The van der Waals surface area contributed by atoms with E-state index in [2.05, 4.69) is 19.2 Å². The number of hydrogen-bond acceptors (Lipinski definition) is 4. The van der Waals surface area contributed by atoms with Gasteiger partial charge in [-0.2, -0.15) is 0 Å². The lowest BCUT2D eigenvalue weighted by Crippen LogP contribution is -2.19. The predicted octanol–water partition coefficient (Wildman–Crippen LogP) is 4.04. The Hall–Kier alpha value is -2.69. The molecule has 5 nitrogen and oxygen atoms in total. The summed E-state index contributed by atoms with van der Waals surface area (Å²) in [6.07, 6.45) is 4.81. The molecule has 0 spiro atoms. The number of hydrogen-bond donors (Lipinski definition) is 1. The van der Waals surface area contributed by atoms with Crippen molar-refractivity contribution in [2.75, 3.05) is 13.2 Å². The average Bonchev–Trinajstić information content (AvgIpc) is 3.11. The molecule has 134 valence electrons. The van der Waals surface area contributed by atoms with Gasteiger partial charge in [0.25, 0.3) is 0 Å². The van der Waals surface area contributed by atoms with Gasteiger partial charge in [-0.3, -0.25) is 4.79 Å². The third-order valence-electron chi connectivity index (χ3n) is 3.28. The number of amides is 1. The normalized spacial score (nSPS) is 11.0. The largest absolute Gasteiger partial charge is 0.490 e. The lowest BCUT2D eigenvalue weighted by Gasteiger charge is -2.14. The van der Waals surface area contributed by atoms with Crippen LogP contribution in [-0.2, 0) is 11.3 Å². The number of ether oxygens (including phenoxy) is 2. The van der Waals surface area contributed by atoms with E-state index < -0.39 is 0 Å². The summed E-state index contributed by atoms with van der Waals surface area (Å²) in [5, 5.41) is 2.76. The van der Waals surface area contributed by atoms with Crippen LogP contribution >= 0.6 is 0 Å². The topological polar surface area (TPSA) is 60.7 Å². The molecular weight excluding hydrogens is 318 g/mol. The number of carbonyl (C=O) groups excluding carboxylic acids is 1. The zero-order valence-electron chi connectivity index (χ0n) is 15.0. The van der Waals surface area contributed by atoms with Crippen molar-refractivity contribution in [3.05, 3.63) is 54.0 Å². The van der Waals surface area contributed by atoms with Gasteiger partial charge in [0, 0.05) is 6.08 Å². The lowest BCUT2D eigenvalue weighted by molar-refractivity contribution is -0.116. The minimum absolute atomic E-state index is 0.186. The molecule has 1 amide bonds. The molecule has 0 saturated carbocycles. The van der Waals surface area contributed by atoms with Crippen LogP contribution in [0.5, 0.6) is 11.5 Å². The summed E-state index contributed by atoms with van der Waals surface area (Å²) < 4.78 is 16.6. The molecule has 0 aliphatic carbocycles. The first-order valence-electron chi connectivity index (χ1n) is 8.46. The number of benzene rings is 1. The minimum atomic E-state index is -0.186. The highest BCUT2D eigenvalue weighted by Crippen LogP contribution is 2.29. The molecule has 0 fully saturated rings. The first-order chi connectivity index (χ1) is 12.1. The van der Waals surface area contributed by atoms with Crippen LogP contribution in [0.15, 0.2) is 47.1 Å². The van der Waals surface area contributed by atoms with Crippen LogP contribution in [-0.4, -0.2) is 19.1 Å². The molecule has 5 heteroatoms. The van der Waals surface area contributed by atoms with Crippen LogP contribution in [0.1, 0.15) is 32.1 Å². The Morgan fingerprint density at radius 2 is 2.08 bits per heavy atom. The smallest absolute Gasteiger partial charge is 0.244 e. The fourth-order valence-electron chi connectivity index (χ4n) is 2.09. The standard InChI is InChI=1S/C20H25NO4/c1-4-23-19-12-16(7-9-18(19)25-14-15(2)3)8-10-20(22)21-13-17-6-5-11-24-17/h5-12,15H,4,13-14H2,1-3H3,(H,21,22)/b10-8+. The van der Waals surface area contributed by atoms with Gasteiger partial charge in [-0.05, 0) is 48.7 Å². The fraction of sp³-hybridized carbons (Fsp3) is 0.350. The third kappa shape index (κ3) is 6.37. The molecule has 0 saturated heterocycles. The van der Waals surface area contributed by atoms with Crippen molar-refractivity contribution >= 4 is 12.0 Å². The maximum absolute atomic E-state index is 11.9. The van der Waals surface area contributed by atoms with E-state index in [0.717, 1.165) is 11.3 Å². The Bertz CT molecular complexity index is 690. The van der Waals surface area contributed by atoms with Gasteiger partial charge in [0.05, 0.1) is 26.0 Å². The Kier molecular flexibility index (Phi) is 7.14. The second-order valence-electron chi connectivity index (χ2n) is 5.97. The SMILES string of the molecule is CCOc1cc(/C=C/C(=O)NCc2ccco2)ccc1OCC(C)C. The average molecular weight is 343 g/mol. The second-order valence-corrected chi connectivity index (χ2v) is 5.97. The second kappa shape index (κ2) is 9.57. The number of nitrogens with one attached hydrogen (secondary N) is 1. The summed E-state index contributed by atoms with van der Waals surface area (Å²) in [4.78, 5) is 11.9. The molecule has 2 rings (SSSR count). The molecule has 2 aromatic rings. The molecule has 0 aliphatic rings. The Morgan fingerprint density at radius 1 is 1.24 bits per heavy atom. The van der Waals surface area contributed by atoms with Crippen LogP contribution in [0, 0.1) is 5.92 Å². The summed E-state index contributed by atoms with van der Waals surface area (Å²) in [6, 6.07) is 9.24. The summed E-state index contributed by atoms with van der Waals surface area (Å²) in [6.45, 7) is 7.66. The molecule has 0 bridgehead atoms. The van der Waals surface area contributed by atoms with Crippen molar-refractivity contribution in [3.63, 3.8) is 0 Å². The van der Waals surface area contributed by atoms with Gasteiger partial charge < -0.3 is 19.2 Å². The van der Waals surface area contributed by atoms with Crippen molar-refractivity contribution < 1.29 is 18.7 Å². The number of carbonyl (C=O) groups is 1. The van der Waals surface area contributed by atoms with Gasteiger partial charge in [0.15, 0.2) is 11.5 Å². The molecule has 0 radical (unpaired) electrons. The van der Waals surface area contributed by atoms with Crippen molar-refractivity contribution in [1.29, 1.82) is 0 Å². The third-order valence-corrected chi connectivity index (χ3v) is 3.28. The number of rotatable bonds is 9. The quantitative estimate of drug-likeness (QED) is 0.698. The molecule has 1 heterocycles. The van der Waals surface area contributed by atoms with Crippen molar-refractivity contribution in [2.24, 2.45) is 5.92 Å². The van der Waals surface area contributed by atoms with Gasteiger partial charge >= 0.3 is 0 Å². The van der Waals surface area contributed by atoms with Crippen LogP contribution in [0.2, 0.25) is 0 Å². The van der Waals surface area contributed by atoms with Crippen molar-refractivity contribution in [2.45, 2.75) is 27.3 Å². The van der Waals surface area contributed by atoms with E-state index in [-0.39, 0.29) is 5.91 Å². The first kappa shape index (κ1) is 18.6. The van der Waals surface area contributed by atoms with E-state index in [1.165, 1.54) is 6.08 Å². The molecule has 25 heavy (non-hydrogen) atoms. The van der Waals surface area contributed by atoms with Crippen molar-refractivity contribution in [3.8, 4) is 11.5 Å². The van der Waals surface area contributed by atoms with Crippen LogP contribution < -0.4 is 14.8 Å². The van der Waals surface area contributed by atoms with Crippen LogP contribution in [0.25, 0.3) is 6.08 Å². The van der Waals surface area contributed by atoms with Gasteiger partial charge in [-0.25, -0.2) is 0 Å². The highest BCUT2D eigenvalue weighted by molar-refractivity contribution is 5.91. The van der Waals surface area contributed by atoms with Crippen LogP contribution in [0.3, 0.4) is 0 Å². The molecule has 1 aromatic carbocycles. The maximum atomic E-state index is 11.9. The zero-order chi connectivity index (χ0) is 18.1. The van der Waals surface area contributed by atoms with Gasteiger partial charge in [0.1, 0.15) is 5.76 Å². The highest BCUT2D eigenvalue weighted by Gasteiger charge is 2.07. The summed E-state index contributed by atoms with van der Waals surface area (Å²) in [7, 11) is 0. The van der Waals surface area contributed by atoms with E-state index in [1.54, 1.807) is 18.4 Å². The van der Waals surface area contributed by atoms with E-state index in [1.807, 2.05) is 31.2 Å². The summed E-state index contributed by atoms with van der Waals surface area (Å²) in [5.41, 5.74) is 0.869. The molecule has 0 atom stereocenters. The summed E-state index contributed by atoms with van der Waals surface area (Å²) >= 11 is 0. The van der Waals surface area contributed by atoms with E-state index in [9.17, 15) is 4.79 Å². The molecule has 0 unspecified atom stereocenters. The zero-order valence-corrected chi connectivity index (χ0v) is 15.0.